The lowest BCUT2D eigenvalue weighted by atomic mass is 10.0. The van der Waals surface area contributed by atoms with Gasteiger partial charge in [0.2, 0.25) is 0 Å². The molecule has 5 nitrogen and oxygen atoms in total. The quantitative estimate of drug-likeness (QED) is 0.340. The minimum atomic E-state index is -0.425. The minimum Gasteiger partial charge on any atom is -0.310 e. The largest absolute Gasteiger partial charge is 0.310 e. The number of para-hydroxylation sites is 1. The lowest BCUT2D eigenvalue weighted by molar-refractivity contribution is -0.122. The average Bonchev–Trinajstić information content (AvgIpc) is 2.81. The Balaban J connectivity index is 2.28. The zero-order chi connectivity index (χ0) is 14.6. The number of rotatable bonds is 0. The van der Waals surface area contributed by atoms with Crippen LogP contribution in [0, 0.1) is 6.92 Å². The van der Waals surface area contributed by atoms with Crippen LogP contribution in [0.5, 0.6) is 0 Å². The molecule has 3 rings (SSSR count). The summed E-state index contributed by atoms with van der Waals surface area (Å²) in [6, 6.07) is 5.63. The zero-order valence-electron chi connectivity index (χ0n) is 10.8. The third-order valence-electron chi connectivity index (χ3n) is 3.39. The molecular weight excluding hydrogens is 294 g/mol. The number of hydrazine groups is 1. The Kier molecular flexibility index (Phi) is 2.93. The lowest BCUT2D eigenvalue weighted by Crippen LogP contribution is -2.35. The molecule has 0 aliphatic carbocycles. The molecule has 0 atom stereocenters. The minimum absolute atomic E-state index is 0.205. The summed E-state index contributed by atoms with van der Waals surface area (Å²) in [4.78, 5) is 26.4. The second-order valence-electron chi connectivity index (χ2n) is 4.58. The number of carbonyl (C=O) groups is 2. The van der Waals surface area contributed by atoms with Crippen molar-refractivity contribution in [1.82, 2.24) is 5.01 Å². The van der Waals surface area contributed by atoms with Gasteiger partial charge in [0.15, 0.2) is 4.32 Å². The smallest absolute Gasteiger partial charge is 0.281 e. The fourth-order valence-corrected chi connectivity index (χ4v) is 3.61. The number of nitrogens with two attached hydrogens (primary N) is 1. The fraction of sp³-hybridized carbons (Fsp3) is 0.154. The van der Waals surface area contributed by atoms with Crippen molar-refractivity contribution in [2.24, 2.45) is 5.84 Å². The molecule has 0 bridgehead atoms. The van der Waals surface area contributed by atoms with Crippen LogP contribution in [-0.4, -0.2) is 28.2 Å². The van der Waals surface area contributed by atoms with E-state index in [2.05, 4.69) is 0 Å². The molecule has 0 saturated carbocycles. The van der Waals surface area contributed by atoms with Crippen molar-refractivity contribution in [3.05, 3.63) is 34.2 Å². The van der Waals surface area contributed by atoms with E-state index < -0.39 is 5.91 Å². The summed E-state index contributed by atoms with van der Waals surface area (Å²) in [6.07, 6.45) is 0. The van der Waals surface area contributed by atoms with Gasteiger partial charge in [-0.25, -0.2) is 10.9 Å². The van der Waals surface area contributed by atoms with Crippen molar-refractivity contribution in [1.29, 1.82) is 0 Å². The molecule has 20 heavy (non-hydrogen) atoms. The molecule has 0 spiro atoms. The van der Waals surface area contributed by atoms with Crippen molar-refractivity contribution in [3.63, 3.8) is 0 Å². The Hall–Kier alpha value is -1.70. The molecule has 0 radical (unpaired) electrons. The van der Waals surface area contributed by atoms with Crippen molar-refractivity contribution in [2.75, 3.05) is 11.9 Å². The number of benzene rings is 1. The molecule has 0 unspecified atom stereocenters. The molecule has 102 valence electrons. The maximum atomic E-state index is 12.5. The Morgan fingerprint density at radius 3 is 2.55 bits per heavy atom. The molecule has 0 aromatic heterocycles. The Morgan fingerprint density at radius 2 is 1.95 bits per heavy atom. The van der Waals surface area contributed by atoms with Gasteiger partial charge in [-0.3, -0.25) is 9.59 Å². The first kappa shape index (κ1) is 13.3. The summed E-state index contributed by atoms with van der Waals surface area (Å²) in [6.45, 7) is 1.93. The molecule has 1 fully saturated rings. The number of carbonyl (C=O) groups excluding carboxylic acids is 2. The highest BCUT2D eigenvalue weighted by Crippen LogP contribution is 2.44. The second-order valence-corrected chi connectivity index (χ2v) is 6.23. The number of thiocarbonyl (C=S) groups is 1. The van der Waals surface area contributed by atoms with Gasteiger partial charge in [-0.1, -0.05) is 42.2 Å². The van der Waals surface area contributed by atoms with Crippen molar-refractivity contribution in [3.8, 4) is 0 Å². The number of hydrogen-bond donors (Lipinski definition) is 1. The first-order valence-electron chi connectivity index (χ1n) is 5.86. The van der Waals surface area contributed by atoms with Gasteiger partial charge in [0.05, 0.1) is 16.2 Å². The molecule has 2 aliphatic rings. The summed E-state index contributed by atoms with van der Waals surface area (Å²) in [7, 11) is 1.70. The highest BCUT2D eigenvalue weighted by atomic mass is 32.2. The molecule has 1 aromatic rings. The highest BCUT2D eigenvalue weighted by Gasteiger charge is 2.40. The van der Waals surface area contributed by atoms with Gasteiger partial charge >= 0.3 is 0 Å². The molecule has 2 aliphatic heterocycles. The van der Waals surface area contributed by atoms with Crippen molar-refractivity contribution >= 4 is 51.4 Å². The zero-order valence-corrected chi connectivity index (χ0v) is 12.5. The van der Waals surface area contributed by atoms with Crippen LogP contribution >= 0.6 is 24.0 Å². The number of aryl methyl sites for hydroxylation is 1. The van der Waals surface area contributed by atoms with E-state index in [1.807, 2.05) is 25.1 Å². The van der Waals surface area contributed by atoms with E-state index in [0.717, 1.165) is 33.6 Å². The van der Waals surface area contributed by atoms with E-state index in [1.165, 1.54) is 0 Å². The molecule has 1 aromatic carbocycles. The summed E-state index contributed by atoms with van der Waals surface area (Å²) in [5.74, 6) is 4.94. The average molecular weight is 305 g/mol. The van der Waals surface area contributed by atoms with Crippen LogP contribution in [-0.2, 0) is 9.59 Å². The first-order chi connectivity index (χ1) is 9.43. The van der Waals surface area contributed by atoms with Gasteiger partial charge < -0.3 is 4.90 Å². The number of likely N-dealkylation sites (N-methyl/N-ethyl adjacent to an activating group) is 1. The van der Waals surface area contributed by atoms with E-state index >= 15 is 0 Å². The molecular formula is C13H11N3O2S2. The molecule has 2 N–H and O–H groups in total. The number of anilines is 1. The van der Waals surface area contributed by atoms with E-state index in [9.17, 15) is 9.59 Å². The van der Waals surface area contributed by atoms with Gasteiger partial charge in [-0.05, 0) is 12.5 Å². The van der Waals surface area contributed by atoms with E-state index in [1.54, 1.807) is 11.9 Å². The Bertz CT molecular complexity index is 712. The number of fused-ring (bicyclic) bond motifs is 1. The van der Waals surface area contributed by atoms with Crippen LogP contribution in [0.1, 0.15) is 11.1 Å². The number of nitrogens with zero attached hydrogens (tertiary/aromatic N) is 2. The monoisotopic (exact) mass is 305 g/mol. The van der Waals surface area contributed by atoms with Crippen LogP contribution in [0.3, 0.4) is 0 Å². The molecule has 2 heterocycles. The third-order valence-corrected chi connectivity index (χ3v) is 4.79. The van der Waals surface area contributed by atoms with Gasteiger partial charge in [0, 0.05) is 12.6 Å². The van der Waals surface area contributed by atoms with Crippen LogP contribution in [0.2, 0.25) is 0 Å². The van der Waals surface area contributed by atoms with Gasteiger partial charge in [-0.15, -0.1) is 0 Å². The second kappa shape index (κ2) is 4.41. The Morgan fingerprint density at radius 1 is 1.25 bits per heavy atom. The number of hydrogen-bond acceptors (Lipinski definition) is 5. The first-order valence-corrected chi connectivity index (χ1v) is 7.09. The fourth-order valence-electron chi connectivity index (χ4n) is 2.44. The number of amides is 2. The van der Waals surface area contributed by atoms with E-state index in [4.69, 9.17) is 18.1 Å². The van der Waals surface area contributed by atoms with Crippen LogP contribution in [0.25, 0.3) is 5.57 Å². The predicted molar refractivity (Wildman–Crippen MR) is 82.7 cm³/mol. The predicted octanol–water partition coefficient (Wildman–Crippen LogP) is 1.42. The summed E-state index contributed by atoms with van der Waals surface area (Å²) in [5.41, 5.74) is 2.95. The van der Waals surface area contributed by atoms with Gasteiger partial charge in [0.1, 0.15) is 0 Å². The number of thioether (sulfide) groups is 1. The third kappa shape index (κ3) is 1.64. The molecule has 2 amide bonds. The Labute approximate surface area is 125 Å². The standard InChI is InChI=1S/C13H11N3O2S2/c1-6-4-3-5-7-8(11(17)15(2)9(6)7)10-12(18)16(14)13(19)20-10/h3-5H,14H2,1-2H3/b10-8-. The SMILES string of the molecule is Cc1cccc2c1N(C)C(=O)/C2=C1\SC(=S)N(N)C1=O. The topological polar surface area (TPSA) is 66.6 Å². The van der Waals surface area contributed by atoms with Crippen molar-refractivity contribution in [2.45, 2.75) is 6.92 Å². The van der Waals surface area contributed by atoms with E-state index in [0.29, 0.717) is 10.5 Å². The van der Waals surface area contributed by atoms with E-state index in [-0.39, 0.29) is 10.2 Å². The molecule has 7 heteroatoms. The van der Waals surface area contributed by atoms with Crippen LogP contribution < -0.4 is 10.7 Å². The maximum absolute atomic E-state index is 12.5. The normalized spacial score (nSPS) is 22.1. The van der Waals surface area contributed by atoms with Crippen molar-refractivity contribution < 1.29 is 9.59 Å². The van der Waals surface area contributed by atoms with Gasteiger partial charge in [0.25, 0.3) is 11.8 Å². The van der Waals surface area contributed by atoms with Crippen LogP contribution in [0.4, 0.5) is 5.69 Å². The summed E-state index contributed by atoms with van der Waals surface area (Å²) in [5, 5.41) is 0.906. The summed E-state index contributed by atoms with van der Waals surface area (Å²) >= 11 is 6.08. The maximum Gasteiger partial charge on any atom is 0.281 e. The van der Waals surface area contributed by atoms with Crippen LogP contribution in [0.15, 0.2) is 23.1 Å². The van der Waals surface area contributed by atoms with Gasteiger partial charge in [-0.2, -0.15) is 0 Å². The highest BCUT2D eigenvalue weighted by molar-refractivity contribution is 8.26. The lowest BCUT2D eigenvalue weighted by Gasteiger charge is -2.11. The summed E-state index contributed by atoms with van der Waals surface area (Å²) < 4.78 is 0.258. The molecule has 1 saturated heterocycles.